The molecule has 3 rings (SSSR count). The second kappa shape index (κ2) is 8.78. The van der Waals surface area contributed by atoms with E-state index < -0.39 is 0 Å². The summed E-state index contributed by atoms with van der Waals surface area (Å²) >= 11 is 0. The number of rotatable bonds is 5. The molecule has 0 radical (unpaired) electrons. The van der Waals surface area contributed by atoms with Crippen molar-refractivity contribution in [2.24, 2.45) is 0 Å². The van der Waals surface area contributed by atoms with Gasteiger partial charge in [-0.2, -0.15) is 5.26 Å². The molecular formula is C18H21N7O. The Bertz CT molecular complexity index is 749. The third-order valence-corrected chi connectivity index (χ3v) is 4.19. The highest BCUT2D eigenvalue weighted by atomic mass is 16.2. The second-order valence-corrected chi connectivity index (χ2v) is 5.95. The van der Waals surface area contributed by atoms with Crippen molar-refractivity contribution >= 4 is 17.7 Å². The molecule has 0 saturated carbocycles. The van der Waals surface area contributed by atoms with Crippen LogP contribution in [0, 0.1) is 11.3 Å². The van der Waals surface area contributed by atoms with Gasteiger partial charge in [0.2, 0.25) is 5.95 Å². The van der Waals surface area contributed by atoms with E-state index in [1.165, 1.54) is 0 Å². The molecule has 2 amide bonds. The SMILES string of the molecule is N#Cc1ccc(NC(=O)NCCN2CCN(c3ncccn3)CC2)cc1. The summed E-state index contributed by atoms with van der Waals surface area (Å²) < 4.78 is 0. The fraction of sp³-hybridized carbons (Fsp3) is 0.333. The molecule has 8 heteroatoms. The minimum absolute atomic E-state index is 0.244. The lowest BCUT2D eigenvalue weighted by Gasteiger charge is -2.34. The molecule has 0 aliphatic carbocycles. The molecule has 2 heterocycles. The summed E-state index contributed by atoms with van der Waals surface area (Å²) in [6.45, 7) is 4.95. The Balaban J connectivity index is 1.35. The van der Waals surface area contributed by atoms with E-state index in [9.17, 15) is 4.79 Å². The van der Waals surface area contributed by atoms with Crippen molar-refractivity contribution in [3.05, 3.63) is 48.3 Å². The highest BCUT2D eigenvalue weighted by molar-refractivity contribution is 5.89. The molecule has 1 fully saturated rings. The Morgan fingerprint density at radius 1 is 1.12 bits per heavy atom. The number of carbonyl (C=O) groups is 1. The van der Waals surface area contributed by atoms with Crippen molar-refractivity contribution in [2.45, 2.75) is 0 Å². The molecule has 2 N–H and O–H groups in total. The molecule has 0 atom stereocenters. The third-order valence-electron chi connectivity index (χ3n) is 4.19. The van der Waals surface area contributed by atoms with Crippen LogP contribution in [0.15, 0.2) is 42.7 Å². The molecule has 134 valence electrons. The minimum atomic E-state index is -0.244. The summed E-state index contributed by atoms with van der Waals surface area (Å²) in [4.78, 5) is 24.9. The van der Waals surface area contributed by atoms with Gasteiger partial charge < -0.3 is 15.5 Å². The van der Waals surface area contributed by atoms with Crippen LogP contribution in [0.3, 0.4) is 0 Å². The second-order valence-electron chi connectivity index (χ2n) is 5.95. The summed E-state index contributed by atoms with van der Waals surface area (Å²) in [5.41, 5.74) is 1.23. The summed E-state index contributed by atoms with van der Waals surface area (Å²) in [7, 11) is 0. The molecule has 0 unspecified atom stereocenters. The summed E-state index contributed by atoms with van der Waals surface area (Å²) in [6.07, 6.45) is 3.51. The fourth-order valence-corrected chi connectivity index (χ4v) is 2.76. The van der Waals surface area contributed by atoms with E-state index in [1.54, 1.807) is 36.7 Å². The van der Waals surface area contributed by atoms with Crippen LogP contribution in [0.4, 0.5) is 16.4 Å². The Kier molecular flexibility index (Phi) is 5.96. The Hall–Kier alpha value is -3.18. The first-order valence-electron chi connectivity index (χ1n) is 8.54. The van der Waals surface area contributed by atoms with Crippen LogP contribution in [0.2, 0.25) is 0 Å². The van der Waals surface area contributed by atoms with E-state index in [4.69, 9.17) is 5.26 Å². The van der Waals surface area contributed by atoms with Crippen LogP contribution in [0.5, 0.6) is 0 Å². The quantitative estimate of drug-likeness (QED) is 0.842. The number of nitriles is 1. The van der Waals surface area contributed by atoms with Crippen LogP contribution in [-0.2, 0) is 0 Å². The van der Waals surface area contributed by atoms with Crippen molar-refractivity contribution in [1.82, 2.24) is 20.2 Å². The zero-order chi connectivity index (χ0) is 18.2. The van der Waals surface area contributed by atoms with Crippen LogP contribution < -0.4 is 15.5 Å². The van der Waals surface area contributed by atoms with Gasteiger partial charge in [-0.15, -0.1) is 0 Å². The predicted molar refractivity (Wildman–Crippen MR) is 98.9 cm³/mol. The third kappa shape index (κ3) is 4.91. The van der Waals surface area contributed by atoms with Gasteiger partial charge in [0.05, 0.1) is 11.6 Å². The average Bonchev–Trinajstić information content (AvgIpc) is 2.70. The normalized spacial score (nSPS) is 14.5. The van der Waals surface area contributed by atoms with Gasteiger partial charge in [-0.25, -0.2) is 14.8 Å². The molecule has 1 aromatic carbocycles. The maximum Gasteiger partial charge on any atom is 0.319 e. The molecule has 0 spiro atoms. The number of carbonyl (C=O) groups excluding carboxylic acids is 1. The molecule has 2 aromatic rings. The van der Waals surface area contributed by atoms with E-state index in [-0.39, 0.29) is 6.03 Å². The largest absolute Gasteiger partial charge is 0.338 e. The van der Waals surface area contributed by atoms with E-state index in [1.807, 2.05) is 12.1 Å². The van der Waals surface area contributed by atoms with E-state index in [0.717, 1.165) is 38.7 Å². The molecular weight excluding hydrogens is 330 g/mol. The number of nitrogens with zero attached hydrogens (tertiary/aromatic N) is 5. The van der Waals surface area contributed by atoms with Gasteiger partial charge in [0.15, 0.2) is 0 Å². The van der Waals surface area contributed by atoms with Gasteiger partial charge in [0.1, 0.15) is 0 Å². The van der Waals surface area contributed by atoms with Crippen molar-refractivity contribution < 1.29 is 4.79 Å². The molecule has 1 aliphatic rings. The van der Waals surface area contributed by atoms with Crippen molar-refractivity contribution in [2.75, 3.05) is 49.5 Å². The first-order valence-corrected chi connectivity index (χ1v) is 8.54. The van der Waals surface area contributed by atoms with Gasteiger partial charge in [0.25, 0.3) is 0 Å². The lowest BCUT2D eigenvalue weighted by atomic mass is 10.2. The Labute approximate surface area is 152 Å². The van der Waals surface area contributed by atoms with E-state index in [0.29, 0.717) is 17.8 Å². The van der Waals surface area contributed by atoms with Crippen molar-refractivity contribution in [1.29, 1.82) is 5.26 Å². The minimum Gasteiger partial charge on any atom is -0.338 e. The number of anilines is 2. The van der Waals surface area contributed by atoms with E-state index in [2.05, 4.69) is 30.4 Å². The van der Waals surface area contributed by atoms with Gasteiger partial charge in [-0.05, 0) is 30.3 Å². The number of nitrogens with one attached hydrogen (secondary N) is 2. The van der Waals surface area contributed by atoms with Gasteiger partial charge in [-0.1, -0.05) is 0 Å². The average molecular weight is 351 g/mol. The van der Waals surface area contributed by atoms with Gasteiger partial charge in [0, 0.05) is 57.3 Å². The van der Waals surface area contributed by atoms with Crippen LogP contribution in [0.1, 0.15) is 5.56 Å². The lowest BCUT2D eigenvalue weighted by molar-refractivity contribution is 0.240. The Morgan fingerprint density at radius 3 is 2.46 bits per heavy atom. The number of amides is 2. The molecule has 26 heavy (non-hydrogen) atoms. The topological polar surface area (TPSA) is 97.2 Å². The number of piperazine rings is 1. The smallest absolute Gasteiger partial charge is 0.319 e. The van der Waals surface area contributed by atoms with Gasteiger partial charge in [-0.3, -0.25) is 4.90 Å². The van der Waals surface area contributed by atoms with Gasteiger partial charge >= 0.3 is 6.03 Å². The summed E-state index contributed by atoms with van der Waals surface area (Å²) in [5.74, 6) is 0.770. The summed E-state index contributed by atoms with van der Waals surface area (Å²) in [6, 6.07) is 10.4. The molecule has 1 aliphatic heterocycles. The summed E-state index contributed by atoms with van der Waals surface area (Å²) in [5, 5.41) is 14.4. The number of hydrogen-bond donors (Lipinski definition) is 2. The zero-order valence-corrected chi connectivity index (χ0v) is 14.4. The maximum atomic E-state index is 11.9. The number of urea groups is 1. The van der Waals surface area contributed by atoms with Crippen LogP contribution >= 0.6 is 0 Å². The molecule has 1 aromatic heterocycles. The maximum absolute atomic E-state index is 11.9. The number of hydrogen-bond acceptors (Lipinski definition) is 6. The fourth-order valence-electron chi connectivity index (χ4n) is 2.76. The number of benzene rings is 1. The molecule has 8 nitrogen and oxygen atoms in total. The van der Waals surface area contributed by atoms with E-state index >= 15 is 0 Å². The predicted octanol–water partition coefficient (Wildman–Crippen LogP) is 1.29. The first-order chi connectivity index (χ1) is 12.7. The molecule has 0 bridgehead atoms. The first kappa shape index (κ1) is 17.6. The Morgan fingerprint density at radius 2 is 1.81 bits per heavy atom. The number of aromatic nitrogens is 2. The van der Waals surface area contributed by atoms with Crippen molar-refractivity contribution in [3.63, 3.8) is 0 Å². The standard InChI is InChI=1S/C18H21N7O/c19-14-15-2-4-16(5-3-15)23-18(26)22-8-9-24-10-12-25(13-11-24)17-20-6-1-7-21-17/h1-7H,8-13H2,(H2,22,23,26). The zero-order valence-electron chi connectivity index (χ0n) is 14.4. The van der Waals surface area contributed by atoms with Crippen molar-refractivity contribution in [3.8, 4) is 6.07 Å². The lowest BCUT2D eigenvalue weighted by Crippen LogP contribution is -2.49. The monoisotopic (exact) mass is 351 g/mol. The van der Waals surface area contributed by atoms with Crippen LogP contribution in [-0.4, -0.2) is 60.2 Å². The molecule has 1 saturated heterocycles. The highest BCUT2D eigenvalue weighted by Gasteiger charge is 2.18. The van der Waals surface area contributed by atoms with Crippen LogP contribution in [0.25, 0.3) is 0 Å². The highest BCUT2D eigenvalue weighted by Crippen LogP contribution is 2.10.